The van der Waals surface area contributed by atoms with Crippen molar-refractivity contribution in [3.8, 4) is 5.75 Å². The molecule has 0 unspecified atom stereocenters. The predicted molar refractivity (Wildman–Crippen MR) is 114 cm³/mol. The fourth-order valence-corrected chi connectivity index (χ4v) is 3.24. The lowest BCUT2D eigenvalue weighted by atomic mass is 10.1. The molecule has 0 bridgehead atoms. The third kappa shape index (κ3) is 5.46. The van der Waals surface area contributed by atoms with Gasteiger partial charge in [-0.3, -0.25) is 14.5 Å². The summed E-state index contributed by atoms with van der Waals surface area (Å²) >= 11 is 0. The van der Waals surface area contributed by atoms with E-state index in [1.807, 2.05) is 26.0 Å². The number of anilines is 2. The Balaban J connectivity index is 1.83. The first-order valence-electron chi connectivity index (χ1n) is 10.3. The van der Waals surface area contributed by atoms with Crippen LogP contribution in [0.4, 0.5) is 11.8 Å². The van der Waals surface area contributed by atoms with Gasteiger partial charge in [-0.15, -0.1) is 0 Å². The quantitative estimate of drug-likeness (QED) is 0.632. The number of hydrogen-bond donors (Lipinski definition) is 1. The van der Waals surface area contributed by atoms with Gasteiger partial charge in [-0.05, 0) is 57.0 Å². The Morgan fingerprint density at radius 2 is 2.13 bits per heavy atom. The van der Waals surface area contributed by atoms with E-state index in [1.54, 1.807) is 30.2 Å². The number of carbonyl (C=O) groups excluding carboxylic acids is 2. The molecule has 2 aromatic rings. The van der Waals surface area contributed by atoms with Crippen molar-refractivity contribution in [2.75, 3.05) is 30.0 Å². The van der Waals surface area contributed by atoms with E-state index in [9.17, 15) is 9.59 Å². The van der Waals surface area contributed by atoms with E-state index in [0.29, 0.717) is 43.5 Å². The van der Waals surface area contributed by atoms with E-state index in [1.165, 1.54) is 0 Å². The fraction of sp³-hybridized carbons (Fsp3) is 0.455. The van der Waals surface area contributed by atoms with Crippen LogP contribution in [0.15, 0.2) is 30.5 Å². The van der Waals surface area contributed by atoms with Crippen LogP contribution in [0.1, 0.15) is 49.5 Å². The molecule has 8 heteroatoms. The molecule has 30 heavy (non-hydrogen) atoms. The number of fused-ring (bicyclic) bond motifs is 1. The molecule has 1 aliphatic heterocycles. The monoisotopic (exact) mass is 412 g/mol. The lowest BCUT2D eigenvalue weighted by Crippen LogP contribution is -2.33. The Morgan fingerprint density at radius 1 is 1.30 bits per heavy atom. The average Bonchev–Trinajstić information content (AvgIpc) is 3.18. The molecular formula is C22H28N4O4. The van der Waals surface area contributed by atoms with Crippen LogP contribution in [0.2, 0.25) is 0 Å². The van der Waals surface area contributed by atoms with Gasteiger partial charge in [-0.1, -0.05) is 0 Å². The standard InChI is InChI=1S/C22H28N4O4/c1-4-29-20(27)6-5-12-26(19-9-11-23-22(25-19)24-15(2)3)21(28)17-7-8-18-16(14-17)10-13-30-18/h7-9,11,14-15H,4-6,10,12-13H2,1-3H3,(H,23,24,25). The van der Waals surface area contributed by atoms with E-state index < -0.39 is 0 Å². The second kappa shape index (κ2) is 10.0. The molecule has 0 fully saturated rings. The molecule has 8 nitrogen and oxygen atoms in total. The summed E-state index contributed by atoms with van der Waals surface area (Å²) in [5, 5.41) is 3.15. The minimum atomic E-state index is -0.274. The number of rotatable bonds is 9. The van der Waals surface area contributed by atoms with Crippen LogP contribution in [0.25, 0.3) is 0 Å². The van der Waals surface area contributed by atoms with E-state index in [2.05, 4.69) is 15.3 Å². The Kier molecular flexibility index (Phi) is 7.21. The molecule has 0 spiro atoms. The number of benzene rings is 1. The number of ether oxygens (including phenoxy) is 2. The number of hydrogen-bond acceptors (Lipinski definition) is 7. The van der Waals surface area contributed by atoms with E-state index in [4.69, 9.17) is 9.47 Å². The molecule has 0 radical (unpaired) electrons. The second-order valence-corrected chi connectivity index (χ2v) is 7.32. The van der Waals surface area contributed by atoms with Crippen LogP contribution in [-0.4, -0.2) is 47.6 Å². The first-order valence-corrected chi connectivity index (χ1v) is 10.3. The van der Waals surface area contributed by atoms with E-state index in [-0.39, 0.29) is 24.3 Å². The maximum Gasteiger partial charge on any atom is 0.305 e. The van der Waals surface area contributed by atoms with E-state index in [0.717, 1.165) is 17.7 Å². The maximum absolute atomic E-state index is 13.4. The first kappa shape index (κ1) is 21.5. The molecule has 0 atom stereocenters. The van der Waals surface area contributed by atoms with Crippen molar-refractivity contribution in [2.45, 2.75) is 46.1 Å². The van der Waals surface area contributed by atoms with Crippen molar-refractivity contribution in [3.63, 3.8) is 0 Å². The third-order valence-electron chi connectivity index (χ3n) is 4.58. The fourth-order valence-electron chi connectivity index (χ4n) is 3.24. The zero-order chi connectivity index (χ0) is 21.5. The van der Waals surface area contributed by atoms with Crippen molar-refractivity contribution in [1.82, 2.24) is 9.97 Å². The Bertz CT molecular complexity index is 900. The first-order chi connectivity index (χ1) is 14.5. The van der Waals surface area contributed by atoms with Gasteiger partial charge in [0.15, 0.2) is 0 Å². The van der Waals surface area contributed by atoms with Crippen LogP contribution in [0.5, 0.6) is 5.75 Å². The van der Waals surface area contributed by atoms with Gasteiger partial charge >= 0.3 is 5.97 Å². The number of aromatic nitrogens is 2. The molecule has 1 aliphatic rings. The van der Waals surface area contributed by atoms with Crippen molar-refractivity contribution in [1.29, 1.82) is 0 Å². The highest BCUT2D eigenvalue weighted by atomic mass is 16.5. The lowest BCUT2D eigenvalue weighted by Gasteiger charge is -2.22. The average molecular weight is 412 g/mol. The Labute approximate surface area is 176 Å². The minimum Gasteiger partial charge on any atom is -0.493 e. The van der Waals surface area contributed by atoms with Gasteiger partial charge < -0.3 is 14.8 Å². The number of carbonyl (C=O) groups is 2. The van der Waals surface area contributed by atoms with Crippen molar-refractivity contribution in [2.24, 2.45) is 0 Å². The van der Waals surface area contributed by atoms with Crippen LogP contribution in [0, 0.1) is 0 Å². The Morgan fingerprint density at radius 3 is 2.90 bits per heavy atom. The summed E-state index contributed by atoms with van der Waals surface area (Å²) in [5.41, 5.74) is 1.59. The molecule has 2 heterocycles. The van der Waals surface area contributed by atoms with Gasteiger partial charge in [0, 0.05) is 37.2 Å². The van der Waals surface area contributed by atoms with Crippen LogP contribution in [-0.2, 0) is 16.0 Å². The summed E-state index contributed by atoms with van der Waals surface area (Å²) in [5.74, 6) is 1.31. The summed E-state index contributed by atoms with van der Waals surface area (Å²) in [6.07, 6.45) is 3.11. The van der Waals surface area contributed by atoms with Gasteiger partial charge in [-0.25, -0.2) is 4.98 Å². The molecular weight excluding hydrogens is 384 g/mol. The number of esters is 1. The highest BCUT2D eigenvalue weighted by Gasteiger charge is 2.22. The maximum atomic E-state index is 13.4. The molecule has 1 aromatic heterocycles. The number of amides is 1. The molecule has 1 aromatic carbocycles. The summed E-state index contributed by atoms with van der Waals surface area (Å²) < 4.78 is 10.5. The second-order valence-electron chi connectivity index (χ2n) is 7.32. The van der Waals surface area contributed by atoms with Gasteiger partial charge in [0.2, 0.25) is 5.95 Å². The predicted octanol–water partition coefficient (Wildman–Crippen LogP) is 3.22. The Hall–Kier alpha value is -3.16. The summed E-state index contributed by atoms with van der Waals surface area (Å²) in [4.78, 5) is 35.4. The molecule has 0 saturated heterocycles. The lowest BCUT2D eigenvalue weighted by molar-refractivity contribution is -0.143. The SMILES string of the molecule is CCOC(=O)CCCN(C(=O)c1ccc2c(c1)CCO2)c1ccnc(NC(C)C)n1. The third-order valence-corrected chi connectivity index (χ3v) is 4.58. The molecule has 0 aliphatic carbocycles. The van der Waals surface area contributed by atoms with Gasteiger partial charge in [-0.2, -0.15) is 4.98 Å². The largest absolute Gasteiger partial charge is 0.493 e. The van der Waals surface area contributed by atoms with E-state index >= 15 is 0 Å². The van der Waals surface area contributed by atoms with Crippen molar-refractivity contribution >= 4 is 23.6 Å². The van der Waals surface area contributed by atoms with Gasteiger partial charge in [0.05, 0.1) is 13.2 Å². The van der Waals surface area contributed by atoms with Crippen molar-refractivity contribution in [3.05, 3.63) is 41.6 Å². The smallest absolute Gasteiger partial charge is 0.305 e. The minimum absolute atomic E-state index is 0.157. The molecule has 1 amide bonds. The van der Waals surface area contributed by atoms with Gasteiger partial charge in [0.1, 0.15) is 11.6 Å². The molecule has 3 rings (SSSR count). The molecule has 0 saturated carbocycles. The number of nitrogens with one attached hydrogen (secondary N) is 1. The summed E-state index contributed by atoms with van der Waals surface area (Å²) in [6.45, 7) is 7.07. The van der Waals surface area contributed by atoms with Crippen LogP contribution in [0.3, 0.4) is 0 Å². The molecule has 160 valence electrons. The highest BCUT2D eigenvalue weighted by Crippen LogP contribution is 2.27. The topological polar surface area (TPSA) is 93.7 Å². The number of nitrogens with zero attached hydrogens (tertiary/aromatic N) is 3. The van der Waals surface area contributed by atoms with Crippen LogP contribution >= 0.6 is 0 Å². The zero-order valence-electron chi connectivity index (χ0n) is 17.7. The van der Waals surface area contributed by atoms with Crippen molar-refractivity contribution < 1.29 is 19.1 Å². The summed E-state index contributed by atoms with van der Waals surface area (Å²) in [7, 11) is 0. The van der Waals surface area contributed by atoms with Gasteiger partial charge in [0.25, 0.3) is 5.91 Å². The normalized spacial score (nSPS) is 12.3. The molecule has 1 N–H and O–H groups in total. The summed E-state index contributed by atoms with van der Waals surface area (Å²) in [6, 6.07) is 7.32. The van der Waals surface area contributed by atoms with Crippen LogP contribution < -0.4 is 15.0 Å². The zero-order valence-corrected chi connectivity index (χ0v) is 17.7. The highest BCUT2D eigenvalue weighted by molar-refractivity contribution is 6.05.